The van der Waals surface area contributed by atoms with Crippen LogP contribution in [0.1, 0.15) is 17.5 Å². The molecule has 15 heavy (non-hydrogen) atoms. The van der Waals surface area contributed by atoms with Gasteiger partial charge in [0.25, 0.3) is 0 Å². The number of rotatable bonds is 2. The summed E-state index contributed by atoms with van der Waals surface area (Å²) in [6.45, 7) is 1.41. The maximum Gasteiger partial charge on any atom is 0.194 e. The minimum absolute atomic E-state index is 0.169. The van der Waals surface area contributed by atoms with Crippen LogP contribution >= 0.6 is 0 Å². The zero-order valence-electron chi connectivity index (χ0n) is 8.12. The number of hydrogen-bond acceptors (Lipinski definition) is 2. The van der Waals surface area contributed by atoms with Crippen LogP contribution < -0.4 is 0 Å². The third-order valence-corrected chi connectivity index (χ3v) is 2.07. The summed E-state index contributed by atoms with van der Waals surface area (Å²) in [5, 5.41) is 0. The van der Waals surface area contributed by atoms with Crippen molar-refractivity contribution in [2.75, 3.05) is 0 Å². The van der Waals surface area contributed by atoms with Gasteiger partial charge in [0.1, 0.15) is 5.82 Å². The van der Waals surface area contributed by atoms with Crippen molar-refractivity contribution in [3.63, 3.8) is 0 Å². The molecule has 2 aromatic rings. The minimum atomic E-state index is -0.337. The van der Waals surface area contributed by atoms with E-state index in [1.165, 1.54) is 19.2 Å². The summed E-state index contributed by atoms with van der Waals surface area (Å²) < 4.78 is 13.4. The highest BCUT2D eigenvalue weighted by Gasteiger charge is 2.09. The average Bonchev–Trinajstić information content (AvgIpc) is 2.67. The number of aromatic amines is 1. The van der Waals surface area contributed by atoms with Crippen molar-refractivity contribution in [2.45, 2.75) is 6.92 Å². The maximum atomic E-state index is 13.4. The van der Waals surface area contributed by atoms with E-state index in [9.17, 15) is 9.18 Å². The van der Waals surface area contributed by atoms with Gasteiger partial charge >= 0.3 is 0 Å². The van der Waals surface area contributed by atoms with Gasteiger partial charge in [-0.1, -0.05) is 12.1 Å². The van der Waals surface area contributed by atoms with Crippen LogP contribution in [-0.2, 0) is 0 Å². The normalized spacial score (nSPS) is 10.3. The van der Waals surface area contributed by atoms with Crippen molar-refractivity contribution in [1.29, 1.82) is 0 Å². The second kappa shape index (κ2) is 3.65. The molecule has 0 saturated heterocycles. The number of benzene rings is 1. The van der Waals surface area contributed by atoms with E-state index in [-0.39, 0.29) is 17.4 Å². The molecule has 0 spiro atoms. The van der Waals surface area contributed by atoms with E-state index < -0.39 is 0 Å². The number of imidazole rings is 1. The minimum Gasteiger partial charge on any atom is -0.335 e. The lowest BCUT2D eigenvalue weighted by atomic mass is 10.1. The highest BCUT2D eigenvalue weighted by Crippen LogP contribution is 2.20. The molecule has 0 aliphatic carbocycles. The number of carbonyl (C=O) groups excluding carboxylic acids is 1. The standard InChI is InChI=1S/C11H9FN2O/c1-7(15)11-13-6-10(14-11)8-4-2-3-5-9(8)12/h2-6H,1H3,(H,13,14). The molecule has 3 nitrogen and oxygen atoms in total. The second-order valence-corrected chi connectivity index (χ2v) is 3.18. The van der Waals surface area contributed by atoms with Crippen molar-refractivity contribution in [3.8, 4) is 11.3 Å². The lowest BCUT2D eigenvalue weighted by molar-refractivity contribution is 0.100. The van der Waals surface area contributed by atoms with E-state index in [0.29, 0.717) is 11.3 Å². The zero-order valence-corrected chi connectivity index (χ0v) is 8.12. The van der Waals surface area contributed by atoms with Gasteiger partial charge in [0, 0.05) is 12.5 Å². The van der Waals surface area contributed by atoms with E-state index in [1.807, 2.05) is 0 Å². The van der Waals surface area contributed by atoms with Gasteiger partial charge in [-0.05, 0) is 12.1 Å². The first kappa shape index (κ1) is 9.58. The Balaban J connectivity index is 2.46. The molecule has 0 unspecified atom stereocenters. The van der Waals surface area contributed by atoms with Crippen LogP contribution in [0.15, 0.2) is 30.5 Å². The third kappa shape index (κ3) is 1.79. The largest absolute Gasteiger partial charge is 0.335 e. The highest BCUT2D eigenvalue weighted by atomic mass is 19.1. The number of hydrogen-bond donors (Lipinski definition) is 1. The molecule has 0 aliphatic heterocycles. The summed E-state index contributed by atoms with van der Waals surface area (Å²) in [5.74, 6) is -0.262. The average molecular weight is 204 g/mol. The highest BCUT2D eigenvalue weighted by molar-refractivity contribution is 5.91. The molecule has 0 amide bonds. The van der Waals surface area contributed by atoms with Gasteiger partial charge in [-0.2, -0.15) is 0 Å². The molecule has 0 bridgehead atoms. The van der Waals surface area contributed by atoms with Gasteiger partial charge in [-0.3, -0.25) is 4.79 Å². The van der Waals surface area contributed by atoms with Crippen LogP contribution in [0.3, 0.4) is 0 Å². The van der Waals surface area contributed by atoms with E-state index in [2.05, 4.69) is 9.97 Å². The lowest BCUT2D eigenvalue weighted by Crippen LogP contribution is -1.94. The number of halogens is 1. The molecule has 0 saturated carbocycles. The molecule has 0 fully saturated rings. The first-order valence-electron chi connectivity index (χ1n) is 4.49. The summed E-state index contributed by atoms with van der Waals surface area (Å²) in [6.07, 6.45) is 1.45. The van der Waals surface area contributed by atoms with Crippen LogP contribution in [0.4, 0.5) is 4.39 Å². The monoisotopic (exact) mass is 204 g/mol. The molecule has 1 N–H and O–H groups in total. The molecule has 0 radical (unpaired) electrons. The second-order valence-electron chi connectivity index (χ2n) is 3.18. The molecule has 2 rings (SSSR count). The van der Waals surface area contributed by atoms with Gasteiger partial charge in [0.15, 0.2) is 11.6 Å². The molecule has 1 aromatic heterocycles. The predicted molar refractivity (Wildman–Crippen MR) is 54.0 cm³/mol. The molecule has 1 aromatic carbocycles. The molecular formula is C11H9FN2O. The summed E-state index contributed by atoms with van der Waals surface area (Å²) in [6, 6.07) is 6.34. The zero-order chi connectivity index (χ0) is 10.8. The number of carbonyl (C=O) groups is 1. The molecular weight excluding hydrogens is 195 g/mol. The Kier molecular flexibility index (Phi) is 2.33. The Morgan fingerprint density at radius 2 is 2.13 bits per heavy atom. The van der Waals surface area contributed by atoms with Crippen molar-refractivity contribution in [3.05, 3.63) is 42.1 Å². The SMILES string of the molecule is CC(=O)c1ncc(-c2ccccc2F)[nH]1. The number of nitrogens with zero attached hydrogens (tertiary/aromatic N) is 1. The van der Waals surface area contributed by atoms with Crippen molar-refractivity contribution in [1.82, 2.24) is 9.97 Å². The first-order chi connectivity index (χ1) is 7.18. The summed E-state index contributed by atoms with van der Waals surface area (Å²) in [4.78, 5) is 17.6. The fourth-order valence-corrected chi connectivity index (χ4v) is 1.32. The number of H-pyrrole nitrogens is 1. The Morgan fingerprint density at radius 3 is 2.73 bits per heavy atom. The van der Waals surface area contributed by atoms with Gasteiger partial charge in [0.2, 0.25) is 0 Å². The van der Waals surface area contributed by atoms with Crippen LogP contribution in [-0.4, -0.2) is 15.8 Å². The van der Waals surface area contributed by atoms with E-state index >= 15 is 0 Å². The number of aromatic nitrogens is 2. The van der Waals surface area contributed by atoms with E-state index in [4.69, 9.17) is 0 Å². The topological polar surface area (TPSA) is 45.8 Å². The van der Waals surface area contributed by atoms with Crippen LogP contribution in [0.5, 0.6) is 0 Å². The van der Waals surface area contributed by atoms with Crippen LogP contribution in [0.25, 0.3) is 11.3 Å². The van der Waals surface area contributed by atoms with Crippen molar-refractivity contribution in [2.24, 2.45) is 0 Å². The fourth-order valence-electron chi connectivity index (χ4n) is 1.32. The maximum absolute atomic E-state index is 13.4. The van der Waals surface area contributed by atoms with Crippen molar-refractivity contribution >= 4 is 5.78 Å². The Labute approximate surface area is 86.0 Å². The Hall–Kier alpha value is -1.97. The fraction of sp³-hybridized carbons (Fsp3) is 0.0909. The van der Waals surface area contributed by atoms with Crippen molar-refractivity contribution < 1.29 is 9.18 Å². The van der Waals surface area contributed by atoms with Gasteiger partial charge in [-0.15, -0.1) is 0 Å². The molecule has 0 aliphatic rings. The van der Waals surface area contributed by atoms with Crippen LogP contribution in [0, 0.1) is 5.82 Å². The smallest absolute Gasteiger partial charge is 0.194 e. The predicted octanol–water partition coefficient (Wildman–Crippen LogP) is 2.42. The molecule has 0 atom stereocenters. The lowest BCUT2D eigenvalue weighted by Gasteiger charge is -1.97. The Bertz CT molecular complexity index is 505. The Morgan fingerprint density at radius 1 is 1.40 bits per heavy atom. The summed E-state index contributed by atoms with van der Waals surface area (Å²) in [7, 11) is 0. The quantitative estimate of drug-likeness (QED) is 0.763. The van der Waals surface area contributed by atoms with Gasteiger partial charge in [0.05, 0.1) is 11.9 Å². The summed E-state index contributed by atoms with van der Waals surface area (Å²) in [5.41, 5.74) is 0.927. The van der Waals surface area contributed by atoms with E-state index in [0.717, 1.165) is 0 Å². The number of Topliss-reactive ketones (excluding diaryl/α,β-unsaturated/α-hetero) is 1. The van der Waals surface area contributed by atoms with E-state index in [1.54, 1.807) is 18.2 Å². The number of ketones is 1. The van der Waals surface area contributed by atoms with Gasteiger partial charge < -0.3 is 4.98 Å². The summed E-state index contributed by atoms with van der Waals surface area (Å²) >= 11 is 0. The third-order valence-electron chi connectivity index (χ3n) is 2.07. The molecule has 4 heteroatoms. The number of nitrogens with one attached hydrogen (secondary N) is 1. The van der Waals surface area contributed by atoms with Gasteiger partial charge in [-0.25, -0.2) is 9.37 Å². The molecule has 1 heterocycles. The first-order valence-corrected chi connectivity index (χ1v) is 4.49. The van der Waals surface area contributed by atoms with Crippen LogP contribution in [0.2, 0.25) is 0 Å². The molecule has 76 valence electrons.